The fourth-order valence-corrected chi connectivity index (χ4v) is 3.73. The quantitative estimate of drug-likeness (QED) is 0.361. The third-order valence-electron chi connectivity index (χ3n) is 3.67. The lowest BCUT2D eigenvalue weighted by molar-refractivity contribution is 0.400. The summed E-state index contributed by atoms with van der Waals surface area (Å²) in [7, 11) is 1.52. The Labute approximate surface area is 180 Å². The van der Waals surface area contributed by atoms with Gasteiger partial charge in [0.05, 0.1) is 37.2 Å². The second-order valence-corrected chi connectivity index (χ2v) is 7.72. The van der Waals surface area contributed by atoms with Crippen molar-refractivity contribution in [3.05, 3.63) is 66.7 Å². The molecule has 0 fully saturated rings. The van der Waals surface area contributed by atoms with Crippen LogP contribution in [-0.4, -0.2) is 12.1 Å². The summed E-state index contributed by atoms with van der Waals surface area (Å²) in [6, 6.07) is 8.32. The van der Waals surface area contributed by atoms with E-state index in [1.165, 1.54) is 7.11 Å². The molecule has 0 saturated heterocycles. The Bertz CT molecular complexity index is 1010. The van der Waals surface area contributed by atoms with Crippen molar-refractivity contribution in [1.82, 2.24) is 4.98 Å². The maximum atomic E-state index is 6.35. The van der Waals surface area contributed by atoms with E-state index < -0.39 is 0 Å². The summed E-state index contributed by atoms with van der Waals surface area (Å²) in [6.07, 6.45) is 1.62. The maximum absolute atomic E-state index is 6.35. The number of aromatic nitrogens is 1. The smallest absolute Gasteiger partial charge is 0.221 e. The van der Waals surface area contributed by atoms with E-state index in [0.29, 0.717) is 58.3 Å². The Kier molecular flexibility index (Phi) is 6.13. The van der Waals surface area contributed by atoms with Gasteiger partial charge in [-0.15, -0.1) is 0 Å². The van der Waals surface area contributed by atoms with Gasteiger partial charge in [-0.2, -0.15) is 0 Å². The summed E-state index contributed by atoms with van der Waals surface area (Å²) in [5, 5.41) is 2.34. The number of methoxy groups -OCH3 is 1. The van der Waals surface area contributed by atoms with Crippen molar-refractivity contribution >= 4 is 69.6 Å². The largest absolute Gasteiger partial charge is 0.481 e. The van der Waals surface area contributed by atoms with Crippen LogP contribution in [0, 0.1) is 0 Å². The minimum atomic E-state index is 0.357. The summed E-state index contributed by atoms with van der Waals surface area (Å²) in [5.74, 6) is 0.380. The zero-order valence-corrected chi connectivity index (χ0v) is 17.6. The Hall–Kier alpha value is -0.870. The van der Waals surface area contributed by atoms with Gasteiger partial charge < -0.3 is 4.74 Å². The highest BCUT2D eigenvalue weighted by atomic mass is 35.5. The number of halogens is 6. The van der Waals surface area contributed by atoms with Crippen LogP contribution in [0.5, 0.6) is 5.88 Å². The van der Waals surface area contributed by atoms with E-state index in [2.05, 4.69) is 4.98 Å². The molecule has 134 valence electrons. The van der Waals surface area contributed by atoms with Crippen LogP contribution in [-0.2, 0) is 0 Å². The lowest BCUT2D eigenvalue weighted by Crippen LogP contribution is -1.94. The third-order valence-corrected chi connectivity index (χ3v) is 5.74. The number of rotatable bonds is 3. The number of benzene rings is 2. The predicted molar refractivity (Wildman–Crippen MR) is 112 cm³/mol. The molecule has 0 saturated carbocycles. The van der Waals surface area contributed by atoms with Crippen LogP contribution in [0.1, 0.15) is 0 Å². The Morgan fingerprint density at radius 2 is 1.12 bits per heavy atom. The summed E-state index contributed by atoms with van der Waals surface area (Å²) < 4.78 is 5.36. The van der Waals surface area contributed by atoms with E-state index in [9.17, 15) is 0 Å². The van der Waals surface area contributed by atoms with Gasteiger partial charge in [0.1, 0.15) is 0 Å². The first kappa shape index (κ1) is 19.9. The van der Waals surface area contributed by atoms with Crippen LogP contribution in [0.4, 0.5) is 0 Å². The van der Waals surface area contributed by atoms with Crippen molar-refractivity contribution in [2.24, 2.45) is 0 Å². The first-order valence-electron chi connectivity index (χ1n) is 7.15. The van der Waals surface area contributed by atoms with E-state index in [1.807, 2.05) is 6.07 Å². The zero-order chi connectivity index (χ0) is 19.0. The SMILES string of the molecule is COc1ncc(-c2cc(Cl)c(Cl)cc2Cl)cc1-c1cc(Cl)c(Cl)cc1Cl. The van der Waals surface area contributed by atoms with E-state index in [1.54, 1.807) is 30.5 Å². The first-order valence-corrected chi connectivity index (χ1v) is 9.42. The minimum Gasteiger partial charge on any atom is -0.481 e. The van der Waals surface area contributed by atoms with Crippen LogP contribution in [0.2, 0.25) is 30.1 Å². The van der Waals surface area contributed by atoms with Gasteiger partial charge in [-0.25, -0.2) is 4.98 Å². The monoisotopic (exact) mass is 465 g/mol. The molecule has 0 aliphatic carbocycles. The van der Waals surface area contributed by atoms with Gasteiger partial charge in [-0.05, 0) is 30.3 Å². The predicted octanol–water partition coefficient (Wildman–Crippen LogP) is 8.34. The fraction of sp³-hybridized carbons (Fsp3) is 0.0556. The third kappa shape index (κ3) is 3.87. The van der Waals surface area contributed by atoms with Crippen LogP contribution < -0.4 is 4.74 Å². The van der Waals surface area contributed by atoms with E-state index in [0.717, 1.165) is 0 Å². The van der Waals surface area contributed by atoms with Crippen molar-refractivity contribution in [3.63, 3.8) is 0 Å². The Morgan fingerprint density at radius 3 is 1.69 bits per heavy atom. The molecule has 0 aliphatic heterocycles. The molecule has 0 aliphatic rings. The molecule has 0 bridgehead atoms. The van der Waals surface area contributed by atoms with Gasteiger partial charge in [-0.1, -0.05) is 69.6 Å². The van der Waals surface area contributed by atoms with Gasteiger partial charge in [-0.3, -0.25) is 0 Å². The zero-order valence-electron chi connectivity index (χ0n) is 13.1. The summed E-state index contributed by atoms with van der Waals surface area (Å²) >= 11 is 37.0. The van der Waals surface area contributed by atoms with Gasteiger partial charge in [0.2, 0.25) is 5.88 Å². The van der Waals surface area contributed by atoms with Crippen molar-refractivity contribution in [3.8, 4) is 28.1 Å². The van der Waals surface area contributed by atoms with Gasteiger partial charge in [0.15, 0.2) is 0 Å². The molecule has 2 aromatic carbocycles. The summed E-state index contributed by atoms with van der Waals surface area (Å²) in [4.78, 5) is 4.34. The highest BCUT2D eigenvalue weighted by Crippen LogP contribution is 2.42. The average Bonchev–Trinajstić information content (AvgIpc) is 2.61. The van der Waals surface area contributed by atoms with Crippen LogP contribution in [0.3, 0.4) is 0 Å². The molecule has 0 unspecified atom stereocenters. The normalized spacial score (nSPS) is 10.9. The molecular weight excluding hydrogens is 459 g/mol. The number of hydrogen-bond acceptors (Lipinski definition) is 2. The Morgan fingerprint density at radius 1 is 0.615 bits per heavy atom. The highest BCUT2D eigenvalue weighted by molar-refractivity contribution is 6.44. The molecule has 26 heavy (non-hydrogen) atoms. The molecule has 2 nitrogen and oxygen atoms in total. The molecule has 0 N–H and O–H groups in total. The second kappa shape index (κ2) is 8.02. The van der Waals surface area contributed by atoms with Gasteiger partial charge in [0.25, 0.3) is 0 Å². The van der Waals surface area contributed by atoms with Crippen LogP contribution in [0.25, 0.3) is 22.3 Å². The van der Waals surface area contributed by atoms with E-state index >= 15 is 0 Å². The topological polar surface area (TPSA) is 22.1 Å². The van der Waals surface area contributed by atoms with Crippen molar-refractivity contribution in [1.29, 1.82) is 0 Å². The number of hydrogen-bond donors (Lipinski definition) is 0. The summed E-state index contributed by atoms with van der Waals surface area (Å²) in [5.41, 5.74) is 2.65. The lowest BCUT2D eigenvalue weighted by Gasteiger charge is -2.13. The van der Waals surface area contributed by atoms with E-state index in [4.69, 9.17) is 74.3 Å². The minimum absolute atomic E-state index is 0.357. The lowest BCUT2D eigenvalue weighted by atomic mass is 10.0. The molecule has 0 amide bonds. The fourth-order valence-electron chi connectivity index (χ4n) is 2.43. The first-order chi connectivity index (χ1) is 12.3. The van der Waals surface area contributed by atoms with Crippen LogP contribution >= 0.6 is 69.6 Å². The highest BCUT2D eigenvalue weighted by Gasteiger charge is 2.17. The van der Waals surface area contributed by atoms with Gasteiger partial charge >= 0.3 is 0 Å². The molecule has 3 aromatic rings. The number of ether oxygens (including phenoxy) is 1. The standard InChI is InChI=1S/C18H9Cl6NO/c1-26-18-11(10-4-15(22)17(24)6-13(10)20)2-8(7-25-18)9-3-14(21)16(23)5-12(9)19/h2-7H,1H3. The molecule has 0 spiro atoms. The van der Waals surface area contributed by atoms with Gasteiger partial charge in [0, 0.05) is 28.5 Å². The molecule has 0 atom stereocenters. The molecule has 1 heterocycles. The van der Waals surface area contributed by atoms with E-state index in [-0.39, 0.29) is 0 Å². The number of nitrogens with zero attached hydrogens (tertiary/aromatic N) is 1. The maximum Gasteiger partial charge on any atom is 0.221 e. The number of pyridine rings is 1. The molecular formula is C18H9Cl6NO. The van der Waals surface area contributed by atoms with Crippen molar-refractivity contribution in [2.75, 3.05) is 7.11 Å². The molecule has 1 aromatic heterocycles. The van der Waals surface area contributed by atoms with Crippen molar-refractivity contribution < 1.29 is 4.74 Å². The second-order valence-electron chi connectivity index (χ2n) is 5.27. The molecule has 8 heteroatoms. The van der Waals surface area contributed by atoms with Crippen LogP contribution in [0.15, 0.2) is 36.5 Å². The Balaban J connectivity index is 2.23. The average molecular weight is 468 g/mol. The summed E-state index contributed by atoms with van der Waals surface area (Å²) in [6.45, 7) is 0. The molecule has 3 rings (SSSR count). The van der Waals surface area contributed by atoms with Crippen molar-refractivity contribution in [2.45, 2.75) is 0 Å². The molecule has 0 radical (unpaired) electrons.